The van der Waals surface area contributed by atoms with Crippen LogP contribution in [0.4, 0.5) is 4.39 Å². The van der Waals surface area contributed by atoms with Gasteiger partial charge in [0.25, 0.3) is 0 Å². The van der Waals surface area contributed by atoms with Crippen LogP contribution in [0, 0.1) is 11.3 Å². The van der Waals surface area contributed by atoms with Crippen molar-refractivity contribution in [3.8, 4) is 6.07 Å². The molecule has 0 fully saturated rings. The number of halogens is 1. The third kappa shape index (κ3) is 5.42. The minimum Gasteiger partial charge on any atom is -0.251 e. The largest absolute Gasteiger partial charge is 0.251 e. The quantitative estimate of drug-likeness (QED) is 0.669. The van der Waals surface area contributed by atoms with E-state index < -0.39 is 16.3 Å². The van der Waals surface area contributed by atoms with E-state index in [4.69, 9.17) is 5.26 Å². The zero-order valence-electron chi connectivity index (χ0n) is 10.3. The molecular weight excluding hydrogens is 249 g/mol. The Labute approximate surface area is 110 Å². The number of benzene rings is 1. The van der Waals surface area contributed by atoms with Gasteiger partial charge in [0, 0.05) is 11.3 Å². The summed E-state index contributed by atoms with van der Waals surface area (Å²) in [6, 6.07) is 10.8. The van der Waals surface area contributed by atoms with Gasteiger partial charge < -0.3 is 0 Å². The molecule has 0 aromatic heterocycles. The van der Waals surface area contributed by atoms with Crippen LogP contribution in [0.15, 0.2) is 35.2 Å². The molecule has 0 bridgehead atoms. The number of hydrogen-bond donors (Lipinski definition) is 0. The minimum atomic E-state index is -1.56. The molecule has 0 aliphatic heterocycles. The summed E-state index contributed by atoms with van der Waals surface area (Å²) in [4.78, 5) is 0.550. The average molecular weight is 267 g/mol. The summed E-state index contributed by atoms with van der Waals surface area (Å²) in [6.07, 6.45) is 4.33. The predicted octanol–water partition coefficient (Wildman–Crippen LogP) is 3.95. The lowest BCUT2D eigenvalue weighted by atomic mass is 10.1. The van der Waals surface area contributed by atoms with Crippen LogP contribution >= 0.6 is 0 Å². The van der Waals surface area contributed by atoms with Crippen LogP contribution in [0.25, 0.3) is 0 Å². The maximum absolute atomic E-state index is 13.7. The molecule has 2 nitrogen and oxygen atoms in total. The number of rotatable bonds is 8. The SMILES string of the molecule is N#CCCCCCCC(F)S(=O)c1ccccc1. The molecular formula is C14H18FNOS. The van der Waals surface area contributed by atoms with E-state index in [1.165, 1.54) is 0 Å². The molecule has 4 heteroatoms. The normalized spacial score (nSPS) is 13.8. The van der Waals surface area contributed by atoms with Crippen LogP contribution in [0.2, 0.25) is 0 Å². The molecule has 0 aliphatic rings. The van der Waals surface area contributed by atoms with Gasteiger partial charge in [0.2, 0.25) is 0 Å². The van der Waals surface area contributed by atoms with Gasteiger partial charge in [-0.3, -0.25) is 4.21 Å². The fraction of sp³-hybridized carbons (Fsp3) is 0.500. The summed E-state index contributed by atoms with van der Waals surface area (Å²) in [5.41, 5.74) is -1.29. The Bertz CT molecular complexity index is 402. The van der Waals surface area contributed by atoms with E-state index in [9.17, 15) is 8.60 Å². The second-order valence-electron chi connectivity index (χ2n) is 4.13. The highest BCUT2D eigenvalue weighted by atomic mass is 32.2. The van der Waals surface area contributed by atoms with E-state index in [0.717, 1.165) is 25.7 Å². The summed E-state index contributed by atoms with van der Waals surface area (Å²) in [6.45, 7) is 0. The van der Waals surface area contributed by atoms with Gasteiger partial charge >= 0.3 is 0 Å². The van der Waals surface area contributed by atoms with Gasteiger partial charge in [0.1, 0.15) is 0 Å². The number of unbranched alkanes of at least 4 members (excludes halogenated alkanes) is 4. The summed E-state index contributed by atoms with van der Waals surface area (Å²) < 4.78 is 25.5. The average Bonchev–Trinajstić information content (AvgIpc) is 2.42. The predicted molar refractivity (Wildman–Crippen MR) is 71.1 cm³/mol. The fourth-order valence-electron chi connectivity index (χ4n) is 1.67. The van der Waals surface area contributed by atoms with E-state index in [2.05, 4.69) is 6.07 Å². The van der Waals surface area contributed by atoms with Gasteiger partial charge in [0.15, 0.2) is 5.50 Å². The minimum absolute atomic E-state index is 0.327. The lowest BCUT2D eigenvalue weighted by Gasteiger charge is -2.07. The van der Waals surface area contributed by atoms with Gasteiger partial charge in [-0.05, 0) is 31.4 Å². The molecule has 0 saturated carbocycles. The Kier molecular flexibility index (Phi) is 7.28. The van der Waals surface area contributed by atoms with E-state index in [1.54, 1.807) is 24.3 Å². The maximum atomic E-state index is 13.7. The summed E-state index contributed by atoms with van der Waals surface area (Å²) in [7, 11) is -1.56. The molecule has 0 radical (unpaired) electrons. The molecule has 2 unspecified atom stereocenters. The van der Waals surface area contributed by atoms with Gasteiger partial charge in [-0.2, -0.15) is 5.26 Å². The van der Waals surface area contributed by atoms with Gasteiger partial charge in [0.05, 0.1) is 16.9 Å². The van der Waals surface area contributed by atoms with E-state index in [1.807, 2.05) is 6.07 Å². The van der Waals surface area contributed by atoms with Gasteiger partial charge in [-0.15, -0.1) is 0 Å². The molecule has 0 amide bonds. The summed E-state index contributed by atoms with van der Waals surface area (Å²) >= 11 is 0. The Balaban J connectivity index is 2.23. The number of nitriles is 1. The maximum Gasteiger partial charge on any atom is 0.179 e. The van der Waals surface area contributed by atoms with Crippen molar-refractivity contribution in [1.29, 1.82) is 5.26 Å². The molecule has 0 saturated heterocycles. The fourth-order valence-corrected chi connectivity index (χ4v) is 2.77. The number of hydrogen-bond acceptors (Lipinski definition) is 2. The first kappa shape index (κ1) is 14.8. The number of nitrogens with zero attached hydrogens (tertiary/aromatic N) is 1. The first-order valence-electron chi connectivity index (χ1n) is 6.22. The molecule has 98 valence electrons. The molecule has 1 aromatic rings. The molecule has 1 aromatic carbocycles. The standard InChI is InChI=1S/C14H18FNOS/c15-14(11-7-2-1-3-8-12-16)18(17)13-9-5-4-6-10-13/h4-6,9-10,14H,1-3,7-8,11H2. The zero-order valence-corrected chi connectivity index (χ0v) is 11.2. The highest BCUT2D eigenvalue weighted by molar-refractivity contribution is 7.85. The van der Waals surface area contributed by atoms with Crippen LogP contribution in [0.5, 0.6) is 0 Å². The van der Waals surface area contributed by atoms with Crippen molar-refractivity contribution in [3.05, 3.63) is 30.3 Å². The molecule has 0 aliphatic carbocycles. The van der Waals surface area contributed by atoms with E-state index >= 15 is 0 Å². The first-order valence-corrected chi connectivity index (χ1v) is 7.43. The Hall–Kier alpha value is -1.21. The monoisotopic (exact) mass is 267 g/mol. The molecule has 1 rings (SSSR count). The molecule has 0 spiro atoms. The smallest absolute Gasteiger partial charge is 0.179 e. The Morgan fingerprint density at radius 3 is 2.50 bits per heavy atom. The van der Waals surface area contributed by atoms with Crippen LogP contribution < -0.4 is 0 Å². The lowest BCUT2D eigenvalue weighted by Crippen LogP contribution is -2.09. The Morgan fingerprint density at radius 1 is 1.17 bits per heavy atom. The summed E-state index contributed by atoms with van der Waals surface area (Å²) in [5.74, 6) is 0. The van der Waals surface area contributed by atoms with Crippen molar-refractivity contribution in [1.82, 2.24) is 0 Å². The van der Waals surface area contributed by atoms with Crippen LogP contribution in [-0.2, 0) is 10.8 Å². The van der Waals surface area contributed by atoms with Crippen molar-refractivity contribution in [2.24, 2.45) is 0 Å². The Morgan fingerprint density at radius 2 is 1.83 bits per heavy atom. The highest BCUT2D eigenvalue weighted by Gasteiger charge is 2.16. The van der Waals surface area contributed by atoms with Crippen LogP contribution in [0.3, 0.4) is 0 Å². The number of alkyl halides is 1. The second-order valence-corrected chi connectivity index (χ2v) is 5.71. The highest BCUT2D eigenvalue weighted by Crippen LogP contribution is 2.17. The topological polar surface area (TPSA) is 40.9 Å². The third-order valence-corrected chi connectivity index (χ3v) is 4.11. The first-order chi connectivity index (χ1) is 8.75. The van der Waals surface area contributed by atoms with Gasteiger partial charge in [-0.1, -0.05) is 31.0 Å². The van der Waals surface area contributed by atoms with Crippen LogP contribution in [0.1, 0.15) is 38.5 Å². The van der Waals surface area contributed by atoms with Crippen molar-refractivity contribution < 1.29 is 8.60 Å². The molecule has 2 atom stereocenters. The summed E-state index contributed by atoms with van der Waals surface area (Å²) in [5, 5.41) is 8.36. The molecule has 0 heterocycles. The molecule has 0 N–H and O–H groups in total. The third-order valence-electron chi connectivity index (χ3n) is 2.68. The molecule has 18 heavy (non-hydrogen) atoms. The van der Waals surface area contributed by atoms with Crippen LogP contribution in [-0.4, -0.2) is 9.71 Å². The van der Waals surface area contributed by atoms with Gasteiger partial charge in [-0.25, -0.2) is 4.39 Å². The van der Waals surface area contributed by atoms with Crippen molar-refractivity contribution in [3.63, 3.8) is 0 Å². The van der Waals surface area contributed by atoms with Crippen molar-refractivity contribution in [2.75, 3.05) is 0 Å². The van der Waals surface area contributed by atoms with E-state index in [0.29, 0.717) is 17.7 Å². The second kappa shape index (κ2) is 8.82. The van der Waals surface area contributed by atoms with Crippen molar-refractivity contribution in [2.45, 2.75) is 48.9 Å². The lowest BCUT2D eigenvalue weighted by molar-refractivity contribution is 0.401. The van der Waals surface area contributed by atoms with Crippen molar-refractivity contribution >= 4 is 10.8 Å². The van der Waals surface area contributed by atoms with E-state index in [-0.39, 0.29) is 0 Å². The zero-order chi connectivity index (χ0) is 13.2.